The molecule has 0 radical (unpaired) electrons. The second-order valence-electron chi connectivity index (χ2n) is 6.43. The van der Waals surface area contributed by atoms with Crippen LogP contribution in [0.15, 0.2) is 71.2 Å². The van der Waals surface area contributed by atoms with E-state index in [1.54, 1.807) is 25.1 Å². The Bertz CT molecular complexity index is 1170. The van der Waals surface area contributed by atoms with Gasteiger partial charge in [0.25, 0.3) is 0 Å². The highest BCUT2D eigenvalue weighted by molar-refractivity contribution is 7.99. The van der Waals surface area contributed by atoms with Crippen molar-refractivity contribution in [1.82, 2.24) is 14.8 Å². The monoisotopic (exact) mass is 443 g/mol. The number of nitrogens with zero attached hydrogens (tertiary/aromatic N) is 3. The Morgan fingerprint density at radius 2 is 1.97 bits per heavy atom. The number of carbonyl (C=O) groups is 1. The normalized spacial score (nSPS) is 11.3. The Hall–Kier alpha value is -2.95. The highest BCUT2D eigenvalue weighted by atomic mass is 32.2. The lowest BCUT2D eigenvalue weighted by Crippen LogP contribution is -2.17. The first-order valence-corrected chi connectivity index (χ1v) is 11.5. The zero-order valence-electron chi connectivity index (χ0n) is 16.3. The Balaban J connectivity index is 1.72. The highest BCUT2D eigenvalue weighted by Gasteiger charge is 2.16. The number of allylic oxidation sites excluding steroid dienone is 1. The number of primary sulfonamides is 1. The number of aryl methyl sites for hydroxylation is 1. The standard InChI is InChI=1S/C20H21N5O3S2/c1-3-11-25-19(15-7-5-4-6-8-15)23-24-20(25)29-13-18(26)22-16-10-9-14(2)17(12-16)30(21,27)28/h3-10,12H,1,11,13H2,2H3,(H,22,26)(H2,21,27,28). The second-order valence-corrected chi connectivity index (χ2v) is 8.91. The van der Waals surface area contributed by atoms with Crippen molar-refractivity contribution in [2.24, 2.45) is 5.14 Å². The molecule has 1 aromatic heterocycles. The summed E-state index contributed by atoms with van der Waals surface area (Å²) >= 11 is 1.23. The molecule has 0 spiro atoms. The van der Waals surface area contributed by atoms with Gasteiger partial charge in [0.1, 0.15) is 0 Å². The number of carbonyl (C=O) groups excluding carboxylic acids is 1. The molecular formula is C20H21N5O3S2. The van der Waals surface area contributed by atoms with Crippen LogP contribution in [0.5, 0.6) is 0 Å². The summed E-state index contributed by atoms with van der Waals surface area (Å²) in [4.78, 5) is 12.4. The van der Waals surface area contributed by atoms with Gasteiger partial charge >= 0.3 is 0 Å². The van der Waals surface area contributed by atoms with Crippen molar-refractivity contribution in [3.63, 3.8) is 0 Å². The van der Waals surface area contributed by atoms with E-state index in [4.69, 9.17) is 5.14 Å². The maximum absolute atomic E-state index is 12.4. The summed E-state index contributed by atoms with van der Waals surface area (Å²) in [5, 5.41) is 16.9. The van der Waals surface area contributed by atoms with Gasteiger partial charge in [-0.15, -0.1) is 16.8 Å². The molecule has 2 aromatic carbocycles. The predicted octanol–water partition coefficient (Wildman–Crippen LogP) is 2.82. The van der Waals surface area contributed by atoms with Crippen LogP contribution < -0.4 is 10.5 Å². The van der Waals surface area contributed by atoms with Crippen molar-refractivity contribution >= 4 is 33.4 Å². The number of aromatic nitrogens is 3. The van der Waals surface area contributed by atoms with Gasteiger partial charge in [-0.05, 0) is 24.6 Å². The molecule has 0 saturated carbocycles. The minimum absolute atomic E-state index is 0.0221. The van der Waals surface area contributed by atoms with E-state index in [1.807, 2.05) is 34.9 Å². The highest BCUT2D eigenvalue weighted by Crippen LogP contribution is 2.24. The van der Waals surface area contributed by atoms with Crippen LogP contribution in [0, 0.1) is 6.92 Å². The number of hydrogen-bond acceptors (Lipinski definition) is 6. The number of rotatable bonds is 8. The molecule has 0 aliphatic rings. The van der Waals surface area contributed by atoms with Crippen LogP contribution in [-0.4, -0.2) is 34.8 Å². The van der Waals surface area contributed by atoms with Gasteiger partial charge in [-0.3, -0.25) is 9.36 Å². The van der Waals surface area contributed by atoms with Gasteiger partial charge in [0, 0.05) is 17.8 Å². The van der Waals surface area contributed by atoms with Crippen molar-refractivity contribution in [3.8, 4) is 11.4 Å². The zero-order valence-corrected chi connectivity index (χ0v) is 17.9. The molecule has 0 atom stereocenters. The van der Waals surface area contributed by atoms with Crippen LogP contribution in [0.25, 0.3) is 11.4 Å². The largest absolute Gasteiger partial charge is 0.325 e. The second kappa shape index (κ2) is 9.24. The molecule has 0 bridgehead atoms. The fraction of sp³-hybridized carbons (Fsp3) is 0.150. The first-order chi connectivity index (χ1) is 14.3. The molecule has 0 saturated heterocycles. The lowest BCUT2D eigenvalue weighted by molar-refractivity contribution is -0.113. The van der Waals surface area contributed by atoms with E-state index in [-0.39, 0.29) is 16.6 Å². The van der Waals surface area contributed by atoms with Crippen LogP contribution in [-0.2, 0) is 21.4 Å². The number of hydrogen-bond donors (Lipinski definition) is 2. The molecule has 0 fully saturated rings. The Labute approximate surface area is 179 Å². The van der Waals surface area contributed by atoms with Crippen molar-refractivity contribution in [3.05, 3.63) is 66.7 Å². The van der Waals surface area contributed by atoms with E-state index in [0.29, 0.717) is 28.8 Å². The molecule has 1 amide bonds. The van der Waals surface area contributed by atoms with Gasteiger partial charge < -0.3 is 5.32 Å². The van der Waals surface area contributed by atoms with E-state index in [9.17, 15) is 13.2 Å². The summed E-state index contributed by atoms with van der Waals surface area (Å²) in [7, 11) is -3.87. The third kappa shape index (κ3) is 5.15. The Morgan fingerprint density at radius 3 is 2.63 bits per heavy atom. The molecular weight excluding hydrogens is 422 g/mol. The van der Waals surface area contributed by atoms with Gasteiger partial charge in [0.15, 0.2) is 11.0 Å². The van der Waals surface area contributed by atoms with E-state index < -0.39 is 10.0 Å². The van der Waals surface area contributed by atoms with E-state index in [2.05, 4.69) is 22.1 Å². The van der Waals surface area contributed by atoms with E-state index in [0.717, 1.165) is 5.56 Å². The zero-order chi connectivity index (χ0) is 21.7. The van der Waals surface area contributed by atoms with Crippen LogP contribution in [0.1, 0.15) is 5.56 Å². The molecule has 3 rings (SSSR count). The van der Waals surface area contributed by atoms with Gasteiger partial charge in [-0.25, -0.2) is 13.6 Å². The number of amides is 1. The summed E-state index contributed by atoms with van der Waals surface area (Å²) in [6, 6.07) is 14.2. The molecule has 0 aliphatic carbocycles. The maximum atomic E-state index is 12.4. The molecule has 0 aliphatic heterocycles. The topological polar surface area (TPSA) is 120 Å². The smallest absolute Gasteiger partial charge is 0.238 e. The van der Waals surface area contributed by atoms with Crippen LogP contribution >= 0.6 is 11.8 Å². The van der Waals surface area contributed by atoms with Gasteiger partial charge in [0.05, 0.1) is 10.6 Å². The molecule has 3 aromatic rings. The minimum atomic E-state index is -3.87. The average molecular weight is 444 g/mol. The number of nitrogens with one attached hydrogen (secondary N) is 1. The van der Waals surface area contributed by atoms with Crippen molar-refractivity contribution in [1.29, 1.82) is 0 Å². The summed E-state index contributed by atoms with van der Waals surface area (Å²) in [6.45, 7) is 5.91. The molecule has 8 nitrogen and oxygen atoms in total. The van der Waals surface area contributed by atoms with Gasteiger partial charge in [0.2, 0.25) is 15.9 Å². The maximum Gasteiger partial charge on any atom is 0.238 e. The fourth-order valence-corrected chi connectivity index (χ4v) is 4.36. The van der Waals surface area contributed by atoms with E-state index in [1.165, 1.54) is 17.8 Å². The quantitative estimate of drug-likeness (QED) is 0.408. The molecule has 30 heavy (non-hydrogen) atoms. The molecule has 3 N–H and O–H groups in total. The minimum Gasteiger partial charge on any atom is -0.325 e. The SMILES string of the molecule is C=CCn1c(SCC(=O)Nc2ccc(C)c(S(N)(=O)=O)c2)nnc1-c1ccccc1. The summed E-state index contributed by atoms with van der Waals surface area (Å²) in [6.07, 6.45) is 1.74. The van der Waals surface area contributed by atoms with Crippen molar-refractivity contribution < 1.29 is 13.2 Å². The number of nitrogens with two attached hydrogens (primary N) is 1. The number of sulfonamides is 1. The average Bonchev–Trinajstić information content (AvgIpc) is 3.10. The predicted molar refractivity (Wildman–Crippen MR) is 118 cm³/mol. The molecule has 10 heteroatoms. The van der Waals surface area contributed by atoms with Gasteiger partial charge in [-0.2, -0.15) is 0 Å². The Morgan fingerprint density at radius 1 is 1.23 bits per heavy atom. The summed E-state index contributed by atoms with van der Waals surface area (Å²) < 4.78 is 25.2. The fourth-order valence-electron chi connectivity index (χ4n) is 2.80. The third-order valence-corrected chi connectivity index (χ3v) is 6.19. The van der Waals surface area contributed by atoms with E-state index >= 15 is 0 Å². The lowest BCUT2D eigenvalue weighted by atomic mass is 10.2. The summed E-state index contributed by atoms with van der Waals surface area (Å²) in [5.74, 6) is 0.455. The first-order valence-electron chi connectivity index (χ1n) is 8.95. The van der Waals surface area contributed by atoms with Gasteiger partial charge in [-0.1, -0.05) is 54.2 Å². The van der Waals surface area contributed by atoms with Crippen LogP contribution in [0.3, 0.4) is 0 Å². The van der Waals surface area contributed by atoms with Crippen molar-refractivity contribution in [2.75, 3.05) is 11.1 Å². The lowest BCUT2D eigenvalue weighted by Gasteiger charge is -2.10. The first kappa shape index (κ1) is 21.8. The van der Waals surface area contributed by atoms with Crippen LogP contribution in [0.2, 0.25) is 0 Å². The molecule has 156 valence electrons. The Kier molecular flexibility index (Phi) is 6.70. The number of benzene rings is 2. The molecule has 0 unspecified atom stereocenters. The number of thioether (sulfide) groups is 1. The molecule has 1 heterocycles. The van der Waals surface area contributed by atoms with Crippen molar-refractivity contribution in [2.45, 2.75) is 23.5 Å². The third-order valence-electron chi connectivity index (χ3n) is 4.17. The van der Waals surface area contributed by atoms with Crippen LogP contribution in [0.4, 0.5) is 5.69 Å². The number of anilines is 1. The summed E-state index contributed by atoms with van der Waals surface area (Å²) in [5.41, 5.74) is 1.78.